The standard InChI is InChI=1S/C17H21NO2/c1-3-17(13-5-9-15(19)10-6-13)18-14-7-11-16(12-8-14)20-4-2/h5-12,17-19H,3-4H2,1-2H3. The van der Waals surface area contributed by atoms with Crippen LogP contribution in [0.5, 0.6) is 11.5 Å². The van der Waals surface area contributed by atoms with Crippen molar-refractivity contribution in [3.05, 3.63) is 54.1 Å². The number of benzene rings is 2. The minimum absolute atomic E-state index is 0.230. The van der Waals surface area contributed by atoms with Gasteiger partial charge in [0.1, 0.15) is 11.5 Å². The maximum absolute atomic E-state index is 9.35. The molecule has 2 aromatic carbocycles. The monoisotopic (exact) mass is 271 g/mol. The zero-order valence-electron chi connectivity index (χ0n) is 12.0. The van der Waals surface area contributed by atoms with E-state index < -0.39 is 0 Å². The Kier molecular flexibility index (Phi) is 4.88. The SMILES string of the molecule is CCOc1ccc(NC(CC)c2ccc(O)cc2)cc1. The van der Waals surface area contributed by atoms with E-state index in [9.17, 15) is 5.11 Å². The van der Waals surface area contributed by atoms with E-state index >= 15 is 0 Å². The van der Waals surface area contributed by atoms with Gasteiger partial charge in [0, 0.05) is 5.69 Å². The van der Waals surface area contributed by atoms with Gasteiger partial charge in [-0.25, -0.2) is 0 Å². The van der Waals surface area contributed by atoms with Crippen molar-refractivity contribution >= 4 is 5.69 Å². The zero-order chi connectivity index (χ0) is 14.4. The second-order valence-electron chi connectivity index (χ2n) is 4.65. The highest BCUT2D eigenvalue weighted by molar-refractivity contribution is 5.48. The Hall–Kier alpha value is -2.16. The summed E-state index contributed by atoms with van der Waals surface area (Å²) in [4.78, 5) is 0. The van der Waals surface area contributed by atoms with Gasteiger partial charge in [0.25, 0.3) is 0 Å². The predicted molar refractivity (Wildman–Crippen MR) is 82.4 cm³/mol. The van der Waals surface area contributed by atoms with Gasteiger partial charge in [-0.2, -0.15) is 0 Å². The molecule has 0 spiro atoms. The molecule has 0 aliphatic heterocycles. The zero-order valence-corrected chi connectivity index (χ0v) is 12.0. The van der Waals surface area contributed by atoms with Crippen molar-refractivity contribution < 1.29 is 9.84 Å². The van der Waals surface area contributed by atoms with Crippen LogP contribution in [-0.2, 0) is 0 Å². The Morgan fingerprint density at radius 3 is 2.20 bits per heavy atom. The topological polar surface area (TPSA) is 41.5 Å². The summed E-state index contributed by atoms with van der Waals surface area (Å²) in [6, 6.07) is 15.5. The maximum atomic E-state index is 9.35. The van der Waals surface area contributed by atoms with Gasteiger partial charge in [-0.05, 0) is 55.3 Å². The lowest BCUT2D eigenvalue weighted by atomic mass is 10.0. The first kappa shape index (κ1) is 14.3. The van der Waals surface area contributed by atoms with Crippen molar-refractivity contribution in [1.82, 2.24) is 0 Å². The first-order chi connectivity index (χ1) is 9.72. The lowest BCUT2D eigenvalue weighted by molar-refractivity contribution is 0.340. The molecule has 0 bridgehead atoms. The van der Waals surface area contributed by atoms with Crippen LogP contribution in [0.15, 0.2) is 48.5 Å². The lowest BCUT2D eigenvalue weighted by Gasteiger charge is -2.19. The molecule has 1 unspecified atom stereocenters. The molecule has 106 valence electrons. The number of aromatic hydroxyl groups is 1. The Morgan fingerprint density at radius 1 is 1.00 bits per heavy atom. The van der Waals surface area contributed by atoms with E-state index in [2.05, 4.69) is 12.2 Å². The molecule has 0 aliphatic carbocycles. The molecule has 3 nitrogen and oxygen atoms in total. The van der Waals surface area contributed by atoms with Crippen LogP contribution in [0, 0.1) is 0 Å². The largest absolute Gasteiger partial charge is 0.508 e. The molecule has 0 fully saturated rings. The van der Waals surface area contributed by atoms with Crippen LogP contribution in [-0.4, -0.2) is 11.7 Å². The summed E-state index contributed by atoms with van der Waals surface area (Å²) in [5.41, 5.74) is 2.23. The van der Waals surface area contributed by atoms with Crippen LogP contribution in [0.4, 0.5) is 5.69 Å². The average molecular weight is 271 g/mol. The molecule has 20 heavy (non-hydrogen) atoms. The Labute approximate surface area is 120 Å². The molecular weight excluding hydrogens is 250 g/mol. The molecule has 0 saturated heterocycles. The van der Waals surface area contributed by atoms with Crippen molar-refractivity contribution in [3.63, 3.8) is 0 Å². The molecule has 0 amide bonds. The summed E-state index contributed by atoms with van der Waals surface area (Å²) < 4.78 is 5.43. The van der Waals surface area contributed by atoms with Gasteiger partial charge < -0.3 is 15.2 Å². The van der Waals surface area contributed by atoms with E-state index in [0.717, 1.165) is 17.9 Å². The van der Waals surface area contributed by atoms with Gasteiger partial charge in [-0.15, -0.1) is 0 Å². The van der Waals surface area contributed by atoms with Gasteiger partial charge in [0.05, 0.1) is 12.6 Å². The smallest absolute Gasteiger partial charge is 0.119 e. The minimum atomic E-state index is 0.230. The highest BCUT2D eigenvalue weighted by atomic mass is 16.5. The number of ether oxygens (including phenoxy) is 1. The first-order valence-electron chi connectivity index (χ1n) is 7.01. The molecule has 2 aromatic rings. The first-order valence-corrected chi connectivity index (χ1v) is 7.01. The Morgan fingerprint density at radius 2 is 1.65 bits per heavy atom. The van der Waals surface area contributed by atoms with Crippen LogP contribution >= 0.6 is 0 Å². The lowest BCUT2D eigenvalue weighted by Crippen LogP contribution is -2.09. The van der Waals surface area contributed by atoms with Gasteiger partial charge in [0.2, 0.25) is 0 Å². The van der Waals surface area contributed by atoms with Crippen LogP contribution < -0.4 is 10.1 Å². The molecule has 2 N–H and O–H groups in total. The van der Waals surface area contributed by atoms with Crippen molar-refractivity contribution in [3.8, 4) is 11.5 Å². The molecule has 2 rings (SSSR count). The van der Waals surface area contributed by atoms with Gasteiger partial charge >= 0.3 is 0 Å². The number of phenols is 1. The van der Waals surface area contributed by atoms with Crippen LogP contribution in [0.25, 0.3) is 0 Å². The van der Waals surface area contributed by atoms with E-state index in [1.165, 1.54) is 5.56 Å². The van der Waals surface area contributed by atoms with Gasteiger partial charge in [-0.3, -0.25) is 0 Å². The van der Waals surface area contributed by atoms with Crippen LogP contribution in [0.1, 0.15) is 31.9 Å². The fraction of sp³-hybridized carbons (Fsp3) is 0.294. The fourth-order valence-corrected chi connectivity index (χ4v) is 2.14. The Balaban J connectivity index is 2.07. The molecular formula is C17H21NO2. The number of rotatable bonds is 6. The summed E-state index contributed by atoms with van der Waals surface area (Å²) in [7, 11) is 0. The molecule has 0 aliphatic rings. The van der Waals surface area contributed by atoms with Crippen molar-refractivity contribution in [1.29, 1.82) is 0 Å². The second kappa shape index (κ2) is 6.85. The number of nitrogens with one attached hydrogen (secondary N) is 1. The van der Waals surface area contributed by atoms with E-state index in [-0.39, 0.29) is 6.04 Å². The van der Waals surface area contributed by atoms with Crippen LogP contribution in [0.3, 0.4) is 0 Å². The van der Waals surface area contributed by atoms with E-state index in [4.69, 9.17) is 4.74 Å². The van der Waals surface area contributed by atoms with Crippen molar-refractivity contribution in [2.24, 2.45) is 0 Å². The fourth-order valence-electron chi connectivity index (χ4n) is 2.14. The molecule has 3 heteroatoms. The van der Waals surface area contributed by atoms with Gasteiger partial charge in [-0.1, -0.05) is 19.1 Å². The third-order valence-corrected chi connectivity index (χ3v) is 3.21. The number of anilines is 1. The molecule has 1 atom stereocenters. The number of phenolic OH excluding ortho intramolecular Hbond substituents is 1. The van der Waals surface area contributed by atoms with E-state index in [1.807, 2.05) is 43.3 Å². The second-order valence-corrected chi connectivity index (χ2v) is 4.65. The van der Waals surface area contributed by atoms with E-state index in [1.54, 1.807) is 12.1 Å². The highest BCUT2D eigenvalue weighted by Gasteiger charge is 2.09. The Bertz CT molecular complexity index is 520. The summed E-state index contributed by atoms with van der Waals surface area (Å²) in [6.07, 6.45) is 0.970. The highest BCUT2D eigenvalue weighted by Crippen LogP contribution is 2.25. The number of hydrogen-bond acceptors (Lipinski definition) is 3. The summed E-state index contributed by atoms with van der Waals surface area (Å²) >= 11 is 0. The third kappa shape index (κ3) is 3.67. The predicted octanol–water partition coefficient (Wildman–Crippen LogP) is 4.35. The molecule has 0 heterocycles. The minimum Gasteiger partial charge on any atom is -0.508 e. The summed E-state index contributed by atoms with van der Waals surface area (Å²) in [5, 5.41) is 12.8. The maximum Gasteiger partial charge on any atom is 0.119 e. The molecule has 0 aromatic heterocycles. The van der Waals surface area contributed by atoms with Crippen molar-refractivity contribution in [2.75, 3.05) is 11.9 Å². The van der Waals surface area contributed by atoms with E-state index in [0.29, 0.717) is 12.4 Å². The third-order valence-electron chi connectivity index (χ3n) is 3.21. The van der Waals surface area contributed by atoms with Crippen molar-refractivity contribution in [2.45, 2.75) is 26.3 Å². The van der Waals surface area contributed by atoms with Gasteiger partial charge in [0.15, 0.2) is 0 Å². The molecule has 0 saturated carbocycles. The summed E-state index contributed by atoms with van der Waals surface area (Å²) in [5.74, 6) is 1.18. The summed E-state index contributed by atoms with van der Waals surface area (Å²) in [6.45, 7) is 4.79. The normalized spacial score (nSPS) is 11.9. The molecule has 0 radical (unpaired) electrons. The number of hydrogen-bond donors (Lipinski definition) is 2. The quantitative estimate of drug-likeness (QED) is 0.820. The van der Waals surface area contributed by atoms with Crippen LogP contribution in [0.2, 0.25) is 0 Å². The average Bonchev–Trinajstić information content (AvgIpc) is 2.48.